The van der Waals surface area contributed by atoms with Gasteiger partial charge in [0, 0.05) is 6.54 Å². The van der Waals surface area contributed by atoms with E-state index in [1.165, 1.54) is 22.7 Å². The molecule has 2 aromatic rings. The fourth-order valence-electron chi connectivity index (χ4n) is 2.78. The Bertz CT molecular complexity index is 820. The van der Waals surface area contributed by atoms with Crippen LogP contribution in [0, 0.1) is 0 Å². The van der Waals surface area contributed by atoms with Gasteiger partial charge in [0.05, 0.1) is 17.8 Å². The van der Waals surface area contributed by atoms with Gasteiger partial charge in [0.25, 0.3) is 0 Å². The van der Waals surface area contributed by atoms with Gasteiger partial charge in [-0.3, -0.25) is 4.79 Å². The van der Waals surface area contributed by atoms with Crippen molar-refractivity contribution < 1.29 is 17.6 Å². The van der Waals surface area contributed by atoms with Crippen molar-refractivity contribution >= 4 is 27.5 Å². The minimum atomic E-state index is -3.82. The van der Waals surface area contributed by atoms with E-state index >= 15 is 0 Å². The summed E-state index contributed by atoms with van der Waals surface area (Å²) in [6, 6.07) is 8.99. The molecule has 128 valence electrons. The smallest absolute Gasteiger partial charge is 0.245 e. The minimum Gasteiger partial charge on any atom is -0.467 e. The van der Waals surface area contributed by atoms with Crippen molar-refractivity contribution in [3.05, 3.63) is 53.4 Å². The summed E-state index contributed by atoms with van der Waals surface area (Å²) in [5, 5.41) is 2.88. The summed E-state index contributed by atoms with van der Waals surface area (Å²) in [5.74, 6) is 0.279. The maximum Gasteiger partial charge on any atom is 0.245 e. The van der Waals surface area contributed by atoms with Gasteiger partial charge in [0.15, 0.2) is 0 Å². The van der Waals surface area contributed by atoms with Crippen LogP contribution < -0.4 is 5.32 Å². The summed E-state index contributed by atoms with van der Waals surface area (Å²) in [7, 11) is -3.82. The van der Waals surface area contributed by atoms with E-state index in [1.54, 1.807) is 24.3 Å². The molecule has 0 saturated carbocycles. The molecule has 3 rings (SSSR count). The monoisotopic (exact) mass is 368 g/mol. The van der Waals surface area contributed by atoms with Gasteiger partial charge in [0.1, 0.15) is 16.7 Å². The standard InChI is InChI=1S/C16H17ClN2O4S/c17-13-6-1-2-8-15(13)24(21,22)19-9-3-7-14(19)16(20)18-11-12-5-4-10-23-12/h1-2,4-6,8,10,14H,3,7,9,11H2,(H,18,20). The van der Waals surface area contributed by atoms with Crippen LogP contribution in [0.1, 0.15) is 18.6 Å². The number of amides is 1. The molecule has 8 heteroatoms. The number of sulfonamides is 1. The van der Waals surface area contributed by atoms with Gasteiger partial charge < -0.3 is 9.73 Å². The topological polar surface area (TPSA) is 79.6 Å². The number of benzene rings is 1. The molecule has 6 nitrogen and oxygen atoms in total. The predicted molar refractivity (Wildman–Crippen MR) is 88.9 cm³/mol. The minimum absolute atomic E-state index is 0.0254. The highest BCUT2D eigenvalue weighted by atomic mass is 35.5. The van der Waals surface area contributed by atoms with Crippen LogP contribution in [0.2, 0.25) is 5.02 Å². The Labute approximate surface area is 145 Å². The molecule has 1 saturated heterocycles. The summed E-state index contributed by atoms with van der Waals surface area (Å²) in [6.07, 6.45) is 2.63. The van der Waals surface area contributed by atoms with Crippen LogP contribution in [-0.2, 0) is 21.4 Å². The van der Waals surface area contributed by atoms with Crippen molar-refractivity contribution in [2.45, 2.75) is 30.3 Å². The van der Waals surface area contributed by atoms with E-state index in [4.69, 9.17) is 16.0 Å². The van der Waals surface area contributed by atoms with E-state index < -0.39 is 16.1 Å². The van der Waals surface area contributed by atoms with Crippen LogP contribution in [0.3, 0.4) is 0 Å². The molecule has 2 heterocycles. The molecule has 1 aromatic heterocycles. The lowest BCUT2D eigenvalue weighted by Crippen LogP contribution is -2.45. The number of furan rings is 1. The SMILES string of the molecule is O=C(NCc1ccco1)C1CCCN1S(=O)(=O)c1ccccc1Cl. The molecule has 1 amide bonds. The zero-order chi connectivity index (χ0) is 17.2. The molecule has 1 aliphatic heterocycles. The molecule has 1 atom stereocenters. The summed E-state index contributed by atoms with van der Waals surface area (Å²) < 4.78 is 32.1. The van der Waals surface area contributed by atoms with E-state index in [9.17, 15) is 13.2 Å². The fraction of sp³-hybridized carbons (Fsp3) is 0.312. The van der Waals surface area contributed by atoms with Crippen LogP contribution in [0.4, 0.5) is 0 Å². The number of nitrogens with one attached hydrogen (secondary N) is 1. The number of halogens is 1. The van der Waals surface area contributed by atoms with Gasteiger partial charge in [-0.2, -0.15) is 4.31 Å². The van der Waals surface area contributed by atoms with Crippen molar-refractivity contribution in [2.75, 3.05) is 6.54 Å². The maximum atomic E-state index is 12.8. The molecule has 1 N–H and O–H groups in total. The first-order valence-electron chi connectivity index (χ1n) is 7.56. The van der Waals surface area contributed by atoms with Crippen LogP contribution in [-0.4, -0.2) is 31.2 Å². The van der Waals surface area contributed by atoms with Crippen LogP contribution in [0.15, 0.2) is 52.0 Å². The zero-order valence-electron chi connectivity index (χ0n) is 12.8. The summed E-state index contributed by atoms with van der Waals surface area (Å²) >= 11 is 6.02. The molecule has 1 aliphatic rings. The second kappa shape index (κ2) is 6.96. The van der Waals surface area contributed by atoms with Gasteiger partial charge in [-0.15, -0.1) is 0 Å². The van der Waals surface area contributed by atoms with Crippen molar-refractivity contribution in [1.29, 1.82) is 0 Å². The third-order valence-electron chi connectivity index (χ3n) is 3.95. The molecule has 0 spiro atoms. The Morgan fingerprint density at radius 1 is 1.29 bits per heavy atom. The zero-order valence-corrected chi connectivity index (χ0v) is 14.4. The van der Waals surface area contributed by atoms with Crippen LogP contribution in [0.5, 0.6) is 0 Å². The Morgan fingerprint density at radius 2 is 2.08 bits per heavy atom. The van der Waals surface area contributed by atoms with Crippen molar-refractivity contribution in [2.24, 2.45) is 0 Å². The van der Waals surface area contributed by atoms with Crippen molar-refractivity contribution in [3.63, 3.8) is 0 Å². The molecule has 1 aromatic carbocycles. The van der Waals surface area contributed by atoms with Gasteiger partial charge >= 0.3 is 0 Å². The highest BCUT2D eigenvalue weighted by molar-refractivity contribution is 7.89. The fourth-order valence-corrected chi connectivity index (χ4v) is 4.93. The maximum absolute atomic E-state index is 12.8. The number of nitrogens with zero attached hydrogens (tertiary/aromatic N) is 1. The van der Waals surface area contributed by atoms with Crippen molar-refractivity contribution in [3.8, 4) is 0 Å². The van der Waals surface area contributed by atoms with Gasteiger partial charge in [-0.05, 0) is 37.1 Å². The Hall–Kier alpha value is -1.83. The summed E-state index contributed by atoms with van der Waals surface area (Å²) in [5.41, 5.74) is 0. The molecule has 0 aliphatic carbocycles. The molecular weight excluding hydrogens is 352 g/mol. The highest BCUT2D eigenvalue weighted by Crippen LogP contribution is 2.30. The Balaban J connectivity index is 1.77. The Morgan fingerprint density at radius 3 is 2.79 bits per heavy atom. The van der Waals surface area contributed by atoms with Gasteiger partial charge in [0.2, 0.25) is 15.9 Å². The van der Waals surface area contributed by atoms with Gasteiger partial charge in [-0.25, -0.2) is 8.42 Å². The third kappa shape index (κ3) is 3.33. The molecule has 24 heavy (non-hydrogen) atoms. The first-order chi connectivity index (χ1) is 11.5. The highest BCUT2D eigenvalue weighted by Gasteiger charge is 2.40. The van der Waals surface area contributed by atoms with Crippen LogP contribution >= 0.6 is 11.6 Å². The van der Waals surface area contributed by atoms with E-state index in [-0.39, 0.29) is 22.4 Å². The lowest BCUT2D eigenvalue weighted by atomic mass is 10.2. The van der Waals surface area contributed by atoms with Gasteiger partial charge in [-0.1, -0.05) is 23.7 Å². The average Bonchev–Trinajstić information content (AvgIpc) is 3.24. The number of carbonyl (C=O) groups is 1. The second-order valence-electron chi connectivity index (χ2n) is 5.50. The lowest BCUT2D eigenvalue weighted by molar-refractivity contribution is -0.124. The predicted octanol–water partition coefficient (Wildman–Crippen LogP) is 2.40. The normalized spacial score (nSPS) is 18.6. The Kier molecular flexibility index (Phi) is 4.93. The molecule has 0 bridgehead atoms. The first kappa shape index (κ1) is 17.0. The third-order valence-corrected chi connectivity index (χ3v) is 6.35. The first-order valence-corrected chi connectivity index (χ1v) is 9.38. The second-order valence-corrected chi connectivity index (χ2v) is 7.77. The van der Waals surface area contributed by atoms with E-state index in [1.807, 2.05) is 0 Å². The number of hydrogen-bond donors (Lipinski definition) is 1. The van der Waals surface area contributed by atoms with E-state index in [0.29, 0.717) is 25.1 Å². The largest absolute Gasteiger partial charge is 0.467 e. The number of hydrogen-bond acceptors (Lipinski definition) is 4. The summed E-state index contributed by atoms with van der Waals surface area (Å²) in [4.78, 5) is 12.4. The molecule has 1 fully saturated rings. The summed E-state index contributed by atoms with van der Waals surface area (Å²) in [6.45, 7) is 0.523. The molecule has 0 radical (unpaired) electrons. The van der Waals surface area contributed by atoms with E-state index in [2.05, 4.69) is 5.32 Å². The van der Waals surface area contributed by atoms with Crippen LogP contribution in [0.25, 0.3) is 0 Å². The quantitative estimate of drug-likeness (QED) is 0.878. The molecular formula is C16H17ClN2O4S. The molecule has 1 unspecified atom stereocenters. The number of rotatable bonds is 5. The van der Waals surface area contributed by atoms with E-state index in [0.717, 1.165) is 0 Å². The van der Waals surface area contributed by atoms with Crippen molar-refractivity contribution in [1.82, 2.24) is 9.62 Å². The number of carbonyl (C=O) groups excluding carboxylic acids is 1. The lowest BCUT2D eigenvalue weighted by Gasteiger charge is -2.23. The average molecular weight is 369 g/mol.